The lowest BCUT2D eigenvalue weighted by Gasteiger charge is -2.35. The Morgan fingerprint density at radius 3 is 2.65 bits per heavy atom. The van der Waals surface area contributed by atoms with E-state index in [0.29, 0.717) is 17.5 Å². The quantitative estimate of drug-likeness (QED) is 0.934. The van der Waals surface area contributed by atoms with Gasteiger partial charge in [0, 0.05) is 29.4 Å². The molecule has 120 valence electrons. The van der Waals surface area contributed by atoms with Crippen molar-refractivity contribution in [2.45, 2.75) is 44.9 Å². The molecule has 1 aromatic heterocycles. The lowest BCUT2D eigenvalue weighted by atomic mass is 9.80. The number of aromatic nitrogens is 2. The number of hydrogen-bond donors (Lipinski definition) is 1. The lowest BCUT2D eigenvalue weighted by Crippen LogP contribution is -2.42. The molecule has 1 aliphatic carbocycles. The van der Waals surface area contributed by atoms with Gasteiger partial charge < -0.3 is 4.90 Å². The summed E-state index contributed by atoms with van der Waals surface area (Å²) < 4.78 is 0. The average molecular weight is 309 g/mol. The van der Waals surface area contributed by atoms with Gasteiger partial charge in [-0.05, 0) is 37.3 Å². The van der Waals surface area contributed by atoms with Gasteiger partial charge in [-0.15, -0.1) is 0 Å². The van der Waals surface area contributed by atoms with Crippen LogP contribution in [0.15, 0.2) is 30.3 Å². The molecular formula is C19H23N3O. The highest BCUT2D eigenvalue weighted by molar-refractivity contribution is 6.07. The van der Waals surface area contributed by atoms with Gasteiger partial charge in [0.15, 0.2) is 5.69 Å². The van der Waals surface area contributed by atoms with Gasteiger partial charge in [-0.3, -0.25) is 9.89 Å². The van der Waals surface area contributed by atoms with Crippen LogP contribution < -0.4 is 4.90 Å². The first-order valence-electron chi connectivity index (χ1n) is 8.73. The molecule has 2 aliphatic rings. The first kappa shape index (κ1) is 14.5. The number of carbonyl (C=O) groups is 1. The van der Waals surface area contributed by atoms with Crippen molar-refractivity contribution in [1.29, 1.82) is 0 Å². The molecule has 1 amide bonds. The predicted molar refractivity (Wildman–Crippen MR) is 90.8 cm³/mol. The Morgan fingerprint density at radius 1 is 1.22 bits per heavy atom. The molecule has 4 rings (SSSR count). The Kier molecular flexibility index (Phi) is 3.68. The van der Waals surface area contributed by atoms with E-state index in [0.717, 1.165) is 24.3 Å². The van der Waals surface area contributed by atoms with E-state index in [1.54, 1.807) is 0 Å². The zero-order valence-corrected chi connectivity index (χ0v) is 13.6. The molecule has 0 radical (unpaired) electrons. The third kappa shape index (κ3) is 2.37. The van der Waals surface area contributed by atoms with Crippen LogP contribution in [0.2, 0.25) is 0 Å². The molecule has 1 aliphatic heterocycles. The van der Waals surface area contributed by atoms with Crippen LogP contribution in [0.1, 0.15) is 60.3 Å². The number of benzene rings is 1. The third-order valence-electron chi connectivity index (χ3n) is 5.47. The van der Waals surface area contributed by atoms with Gasteiger partial charge in [-0.1, -0.05) is 38.0 Å². The van der Waals surface area contributed by atoms with Crippen molar-refractivity contribution in [1.82, 2.24) is 10.2 Å². The minimum Gasteiger partial charge on any atom is -0.306 e. The number of aromatic amines is 1. The van der Waals surface area contributed by atoms with Gasteiger partial charge in [0.1, 0.15) is 0 Å². The van der Waals surface area contributed by atoms with Crippen LogP contribution in [0.5, 0.6) is 0 Å². The molecule has 0 spiro atoms. The molecule has 23 heavy (non-hydrogen) atoms. The fourth-order valence-corrected chi connectivity index (χ4v) is 4.29. The number of nitrogens with one attached hydrogen (secondary N) is 1. The van der Waals surface area contributed by atoms with Crippen LogP contribution in [0.3, 0.4) is 0 Å². The van der Waals surface area contributed by atoms with Crippen molar-refractivity contribution < 1.29 is 4.79 Å². The predicted octanol–water partition coefficient (Wildman–Crippen LogP) is 3.91. The van der Waals surface area contributed by atoms with Crippen LogP contribution in [0, 0.1) is 5.92 Å². The number of fused-ring (bicyclic) bond motifs is 1. The normalized spacial score (nSPS) is 21.7. The maximum atomic E-state index is 13.0. The molecule has 1 N–H and O–H groups in total. The molecule has 0 saturated heterocycles. The van der Waals surface area contributed by atoms with E-state index in [9.17, 15) is 4.79 Å². The molecule has 0 bridgehead atoms. The van der Waals surface area contributed by atoms with E-state index >= 15 is 0 Å². The molecule has 1 atom stereocenters. The van der Waals surface area contributed by atoms with Gasteiger partial charge in [-0.2, -0.15) is 5.10 Å². The standard InChI is InChI=1S/C19H23N3O/c1-2-16-17-15(13-8-6-7-9-13)12-22(14-10-4-3-5-11-14)19(23)18(17)21-20-16/h3-5,10-11,13,15H,2,6-9,12H2,1H3,(H,20,21). The van der Waals surface area contributed by atoms with E-state index in [2.05, 4.69) is 17.1 Å². The van der Waals surface area contributed by atoms with Crippen molar-refractivity contribution in [2.75, 3.05) is 11.4 Å². The molecule has 4 heteroatoms. The van der Waals surface area contributed by atoms with Gasteiger partial charge in [-0.25, -0.2) is 0 Å². The van der Waals surface area contributed by atoms with Gasteiger partial charge in [0.05, 0.1) is 0 Å². The van der Waals surface area contributed by atoms with E-state index < -0.39 is 0 Å². The summed E-state index contributed by atoms with van der Waals surface area (Å²) in [5.74, 6) is 1.13. The Morgan fingerprint density at radius 2 is 1.96 bits per heavy atom. The zero-order chi connectivity index (χ0) is 15.8. The maximum absolute atomic E-state index is 13.0. The summed E-state index contributed by atoms with van der Waals surface area (Å²) in [4.78, 5) is 14.9. The first-order valence-corrected chi connectivity index (χ1v) is 8.73. The fourth-order valence-electron chi connectivity index (χ4n) is 4.29. The third-order valence-corrected chi connectivity index (χ3v) is 5.47. The van der Waals surface area contributed by atoms with Gasteiger partial charge in [0.25, 0.3) is 5.91 Å². The highest BCUT2D eigenvalue weighted by atomic mass is 16.2. The number of H-pyrrole nitrogens is 1. The number of rotatable bonds is 3. The Bertz CT molecular complexity index is 701. The van der Waals surface area contributed by atoms with Crippen molar-refractivity contribution in [2.24, 2.45) is 5.92 Å². The molecule has 4 nitrogen and oxygen atoms in total. The van der Waals surface area contributed by atoms with Crippen LogP contribution >= 0.6 is 0 Å². The Balaban J connectivity index is 1.78. The molecule has 1 unspecified atom stereocenters. The molecular weight excluding hydrogens is 286 g/mol. The molecule has 1 fully saturated rings. The summed E-state index contributed by atoms with van der Waals surface area (Å²) in [6, 6.07) is 10.0. The SMILES string of the molecule is CCc1[nH]nc2c1C(C1CCCC1)CN(c1ccccc1)C2=O. The van der Waals surface area contributed by atoms with E-state index in [1.165, 1.54) is 31.2 Å². The van der Waals surface area contributed by atoms with E-state index in [-0.39, 0.29) is 5.91 Å². The highest BCUT2D eigenvalue weighted by Crippen LogP contribution is 2.43. The van der Waals surface area contributed by atoms with E-state index in [1.807, 2.05) is 35.2 Å². The van der Waals surface area contributed by atoms with Crippen molar-refractivity contribution in [3.63, 3.8) is 0 Å². The maximum Gasteiger partial charge on any atom is 0.279 e. The molecule has 2 heterocycles. The minimum atomic E-state index is 0.0383. The van der Waals surface area contributed by atoms with Crippen molar-refractivity contribution in [3.05, 3.63) is 47.3 Å². The van der Waals surface area contributed by atoms with Crippen molar-refractivity contribution in [3.8, 4) is 0 Å². The fraction of sp³-hybridized carbons (Fsp3) is 0.474. The summed E-state index contributed by atoms with van der Waals surface area (Å²) in [5.41, 5.74) is 3.98. The Hall–Kier alpha value is -2.10. The molecule has 1 aromatic carbocycles. The summed E-state index contributed by atoms with van der Waals surface area (Å²) >= 11 is 0. The molecule has 1 saturated carbocycles. The molecule has 2 aromatic rings. The monoisotopic (exact) mass is 309 g/mol. The van der Waals surface area contributed by atoms with Gasteiger partial charge in [0.2, 0.25) is 0 Å². The second kappa shape index (κ2) is 5.84. The number of hydrogen-bond acceptors (Lipinski definition) is 2. The second-order valence-electron chi connectivity index (χ2n) is 6.72. The second-order valence-corrected chi connectivity index (χ2v) is 6.72. The average Bonchev–Trinajstić information content (AvgIpc) is 3.26. The van der Waals surface area contributed by atoms with Crippen LogP contribution in [-0.4, -0.2) is 22.6 Å². The zero-order valence-electron chi connectivity index (χ0n) is 13.6. The van der Waals surface area contributed by atoms with Crippen LogP contribution in [0.25, 0.3) is 0 Å². The summed E-state index contributed by atoms with van der Waals surface area (Å²) in [5, 5.41) is 7.51. The first-order chi connectivity index (χ1) is 11.3. The number of carbonyl (C=O) groups excluding carboxylic acids is 1. The minimum absolute atomic E-state index is 0.0383. The summed E-state index contributed by atoms with van der Waals surface area (Å²) in [6.07, 6.45) is 6.08. The van der Waals surface area contributed by atoms with Crippen LogP contribution in [-0.2, 0) is 6.42 Å². The summed E-state index contributed by atoms with van der Waals surface area (Å²) in [7, 11) is 0. The van der Waals surface area contributed by atoms with E-state index in [4.69, 9.17) is 0 Å². The largest absolute Gasteiger partial charge is 0.306 e. The number of anilines is 1. The topological polar surface area (TPSA) is 49.0 Å². The Labute approximate surface area is 136 Å². The summed E-state index contributed by atoms with van der Waals surface area (Å²) in [6.45, 7) is 2.92. The number of amides is 1. The van der Waals surface area contributed by atoms with Crippen LogP contribution in [0.4, 0.5) is 5.69 Å². The van der Waals surface area contributed by atoms with Gasteiger partial charge >= 0.3 is 0 Å². The smallest absolute Gasteiger partial charge is 0.279 e. The number of para-hydroxylation sites is 1. The van der Waals surface area contributed by atoms with Crippen molar-refractivity contribution >= 4 is 11.6 Å². The number of nitrogens with zero attached hydrogens (tertiary/aromatic N) is 2. The number of aryl methyl sites for hydroxylation is 1. The lowest BCUT2D eigenvalue weighted by molar-refractivity contribution is 0.0967. The highest BCUT2D eigenvalue weighted by Gasteiger charge is 2.40.